The Morgan fingerprint density at radius 1 is 0.944 bits per heavy atom. The lowest BCUT2D eigenvalue weighted by Gasteiger charge is -2.39. The van der Waals surface area contributed by atoms with Crippen LogP contribution in [-0.2, 0) is 36.9 Å². The van der Waals surface area contributed by atoms with E-state index in [2.05, 4.69) is 15.0 Å². The van der Waals surface area contributed by atoms with Gasteiger partial charge in [0.2, 0.25) is 11.8 Å². The number of rotatable bonds is 13. The standard InChI is InChI=1S/C39H45ClN4O6.C2H4O2/c1-24(2)50-35-13-10-27(14-36(35)48-4)39(47)44-20-29-19-43(37(45)15-28-18-41-34-16-30(40)11-12-31(28)34)22-33(32(29)21-44)38(46)42-17-25(3)49-23-26-8-6-5-7-9-26;1-4-2-3/h5-14,16,18,24-25,29,32-33,41H,15,17,19-23H2,1-4H3,(H,42,46);2H,1H3. The molecule has 54 heavy (non-hydrogen) atoms. The van der Waals surface area contributed by atoms with E-state index in [-0.39, 0.29) is 54.7 Å². The minimum Gasteiger partial charge on any atom is -0.493 e. The zero-order valence-corrected chi connectivity index (χ0v) is 32.1. The van der Waals surface area contributed by atoms with E-state index >= 15 is 0 Å². The number of aromatic nitrogens is 1. The van der Waals surface area contributed by atoms with Crippen molar-refractivity contribution in [2.24, 2.45) is 17.8 Å². The number of fused-ring (bicyclic) bond motifs is 2. The summed E-state index contributed by atoms with van der Waals surface area (Å²) in [5.41, 5.74) is 3.28. The summed E-state index contributed by atoms with van der Waals surface area (Å²) < 4.78 is 21.2. The number of hydrogen-bond donors (Lipinski definition) is 2. The average Bonchev–Trinajstić information content (AvgIpc) is 3.79. The Morgan fingerprint density at radius 3 is 2.39 bits per heavy atom. The molecular weight excluding hydrogens is 712 g/mol. The third-order valence-electron chi connectivity index (χ3n) is 9.74. The first-order valence-electron chi connectivity index (χ1n) is 18.1. The quantitative estimate of drug-likeness (QED) is 0.170. The number of amides is 3. The lowest BCUT2D eigenvalue weighted by Crippen LogP contribution is -2.54. The first-order chi connectivity index (χ1) is 26.0. The van der Waals surface area contributed by atoms with Crippen LogP contribution in [0, 0.1) is 17.8 Å². The van der Waals surface area contributed by atoms with E-state index in [0.29, 0.717) is 61.3 Å². The van der Waals surface area contributed by atoms with Crippen molar-refractivity contribution in [2.45, 2.75) is 46.0 Å². The average molecular weight is 761 g/mol. The second-order valence-corrected chi connectivity index (χ2v) is 14.4. The maximum atomic E-state index is 13.9. The van der Waals surface area contributed by atoms with Gasteiger partial charge in [-0.05, 0) is 74.1 Å². The maximum absolute atomic E-state index is 13.9. The number of nitrogens with zero attached hydrogens (tertiary/aromatic N) is 2. The largest absolute Gasteiger partial charge is 0.493 e. The van der Waals surface area contributed by atoms with Crippen molar-refractivity contribution in [1.82, 2.24) is 20.1 Å². The number of carbonyl (C=O) groups excluding carboxylic acids is 4. The Hall–Kier alpha value is -5.07. The highest BCUT2D eigenvalue weighted by molar-refractivity contribution is 6.31. The lowest BCUT2D eigenvalue weighted by molar-refractivity contribution is -0.138. The Labute approximate surface area is 321 Å². The van der Waals surface area contributed by atoms with Crippen molar-refractivity contribution < 1.29 is 38.1 Å². The summed E-state index contributed by atoms with van der Waals surface area (Å²) in [6, 6.07) is 20.7. The highest BCUT2D eigenvalue weighted by atomic mass is 35.5. The minimum atomic E-state index is -0.491. The molecule has 4 aromatic rings. The Kier molecular flexibility index (Phi) is 14.0. The molecular formula is C41H49ClN4O8. The molecule has 288 valence electrons. The number of methoxy groups -OCH3 is 2. The summed E-state index contributed by atoms with van der Waals surface area (Å²) in [6.45, 7) is 8.53. The molecule has 12 nitrogen and oxygen atoms in total. The Balaban J connectivity index is 0.00000133. The number of halogens is 1. The van der Waals surface area contributed by atoms with Crippen LogP contribution in [0.15, 0.2) is 72.9 Å². The number of carbonyl (C=O) groups is 4. The van der Waals surface area contributed by atoms with Gasteiger partial charge in [0.05, 0.1) is 45.4 Å². The van der Waals surface area contributed by atoms with Gasteiger partial charge in [0.25, 0.3) is 12.4 Å². The van der Waals surface area contributed by atoms with Gasteiger partial charge in [-0.1, -0.05) is 48.0 Å². The number of aromatic amines is 1. The Bertz CT molecular complexity index is 1900. The summed E-state index contributed by atoms with van der Waals surface area (Å²) in [7, 11) is 2.86. The van der Waals surface area contributed by atoms with E-state index in [0.717, 1.165) is 22.0 Å². The molecule has 2 saturated heterocycles. The summed E-state index contributed by atoms with van der Waals surface area (Å²) in [6.07, 6.45) is 1.76. The topological polar surface area (TPSA) is 139 Å². The number of likely N-dealkylation sites (tertiary alicyclic amines) is 2. The van der Waals surface area contributed by atoms with E-state index in [4.69, 9.17) is 30.6 Å². The van der Waals surface area contributed by atoms with Crippen LogP contribution in [0.5, 0.6) is 11.5 Å². The van der Waals surface area contributed by atoms with E-state index in [1.807, 2.05) is 75.5 Å². The summed E-state index contributed by atoms with van der Waals surface area (Å²) in [5.74, 6) is 0.0443. The summed E-state index contributed by atoms with van der Waals surface area (Å²) in [4.78, 5) is 57.4. The predicted molar refractivity (Wildman–Crippen MR) is 205 cm³/mol. The molecule has 0 radical (unpaired) electrons. The number of nitrogens with one attached hydrogen (secondary N) is 2. The smallest absolute Gasteiger partial charge is 0.292 e. The van der Waals surface area contributed by atoms with Gasteiger partial charge in [0, 0.05) is 60.4 Å². The molecule has 0 aliphatic carbocycles. The first kappa shape index (κ1) is 40.1. The highest BCUT2D eigenvalue weighted by Crippen LogP contribution is 2.37. The van der Waals surface area contributed by atoms with Gasteiger partial charge in [-0.25, -0.2) is 0 Å². The fraction of sp³-hybridized carbons (Fsp3) is 0.415. The molecule has 4 atom stereocenters. The van der Waals surface area contributed by atoms with Crippen LogP contribution in [0.2, 0.25) is 5.02 Å². The predicted octanol–water partition coefficient (Wildman–Crippen LogP) is 5.52. The summed E-state index contributed by atoms with van der Waals surface area (Å²) >= 11 is 6.18. The molecule has 1 aromatic heterocycles. The lowest BCUT2D eigenvalue weighted by atomic mass is 9.79. The molecule has 3 heterocycles. The number of ether oxygens (including phenoxy) is 4. The molecule has 4 unspecified atom stereocenters. The van der Waals surface area contributed by atoms with Crippen molar-refractivity contribution in [3.8, 4) is 11.5 Å². The number of piperidine rings is 1. The van der Waals surface area contributed by atoms with E-state index in [1.54, 1.807) is 35.1 Å². The number of H-pyrrole nitrogens is 1. The molecule has 0 bridgehead atoms. The second-order valence-electron chi connectivity index (χ2n) is 13.9. The van der Waals surface area contributed by atoms with Crippen molar-refractivity contribution in [3.63, 3.8) is 0 Å². The molecule has 3 aromatic carbocycles. The summed E-state index contributed by atoms with van der Waals surface area (Å²) in [5, 5.41) is 4.65. The van der Waals surface area contributed by atoms with Crippen LogP contribution in [0.4, 0.5) is 0 Å². The highest BCUT2D eigenvalue weighted by Gasteiger charge is 2.48. The third-order valence-corrected chi connectivity index (χ3v) is 9.97. The zero-order valence-electron chi connectivity index (χ0n) is 31.4. The third kappa shape index (κ3) is 10.1. The van der Waals surface area contributed by atoms with E-state index in [1.165, 1.54) is 7.11 Å². The molecule has 3 amide bonds. The first-order valence-corrected chi connectivity index (χ1v) is 18.5. The number of benzene rings is 3. The number of hydrogen-bond acceptors (Lipinski definition) is 8. The van der Waals surface area contributed by atoms with Gasteiger partial charge >= 0.3 is 0 Å². The monoisotopic (exact) mass is 760 g/mol. The fourth-order valence-corrected chi connectivity index (χ4v) is 7.26. The van der Waals surface area contributed by atoms with Crippen LogP contribution >= 0.6 is 11.6 Å². The molecule has 2 fully saturated rings. The van der Waals surface area contributed by atoms with Gasteiger partial charge in [0.15, 0.2) is 11.5 Å². The van der Waals surface area contributed by atoms with Crippen molar-refractivity contribution in [3.05, 3.63) is 94.6 Å². The molecule has 0 saturated carbocycles. The van der Waals surface area contributed by atoms with Gasteiger partial charge in [-0.2, -0.15) is 0 Å². The molecule has 2 aliphatic rings. The van der Waals surface area contributed by atoms with E-state index < -0.39 is 5.92 Å². The van der Waals surface area contributed by atoms with Gasteiger partial charge in [-0.3, -0.25) is 19.2 Å². The van der Waals surface area contributed by atoms with Gasteiger partial charge < -0.3 is 39.0 Å². The molecule has 13 heteroatoms. The normalized spacial score (nSPS) is 18.3. The van der Waals surface area contributed by atoms with Crippen LogP contribution in [0.1, 0.15) is 42.3 Å². The molecule has 2 aliphatic heterocycles. The van der Waals surface area contributed by atoms with Crippen molar-refractivity contribution in [1.29, 1.82) is 0 Å². The minimum absolute atomic E-state index is 0.0474. The van der Waals surface area contributed by atoms with Crippen molar-refractivity contribution in [2.75, 3.05) is 46.9 Å². The molecule has 6 rings (SSSR count). The van der Waals surface area contributed by atoms with Crippen LogP contribution < -0.4 is 14.8 Å². The maximum Gasteiger partial charge on any atom is 0.292 e. The fourth-order valence-electron chi connectivity index (χ4n) is 7.08. The van der Waals surface area contributed by atoms with Crippen LogP contribution in [0.3, 0.4) is 0 Å². The van der Waals surface area contributed by atoms with Crippen LogP contribution in [-0.4, -0.2) is 98.1 Å². The molecule has 2 N–H and O–H groups in total. The Morgan fingerprint density at radius 2 is 1.69 bits per heavy atom. The van der Waals surface area contributed by atoms with Gasteiger partial charge in [0.1, 0.15) is 0 Å². The van der Waals surface area contributed by atoms with Crippen LogP contribution in [0.25, 0.3) is 10.9 Å². The second kappa shape index (κ2) is 18.8. The van der Waals surface area contributed by atoms with E-state index in [9.17, 15) is 14.4 Å². The van der Waals surface area contributed by atoms with Gasteiger partial charge in [-0.15, -0.1) is 0 Å². The molecule has 0 spiro atoms. The zero-order chi connectivity index (χ0) is 38.8. The van der Waals surface area contributed by atoms with Crippen molar-refractivity contribution >= 4 is 46.7 Å². The SMILES string of the molecule is COC=O.COc1cc(C(=O)N2CC3CN(C(=O)Cc4c[nH]c5cc(Cl)ccc45)CC(C(=O)NCC(C)OCc4ccccc4)C3C2)ccc1OC(C)C.